The Labute approximate surface area is 96.4 Å². The Morgan fingerprint density at radius 1 is 1.38 bits per heavy atom. The van der Waals surface area contributed by atoms with E-state index in [0.29, 0.717) is 18.3 Å². The quantitative estimate of drug-likeness (QED) is 0.805. The van der Waals surface area contributed by atoms with Gasteiger partial charge in [-0.3, -0.25) is 0 Å². The molecule has 92 valence electrons. The molecule has 0 amide bonds. The van der Waals surface area contributed by atoms with E-state index in [2.05, 4.69) is 24.0 Å². The van der Waals surface area contributed by atoms with Crippen LogP contribution in [-0.4, -0.2) is 16.7 Å². The zero-order valence-corrected chi connectivity index (χ0v) is 10.5. The highest BCUT2D eigenvalue weighted by Gasteiger charge is 2.34. The fourth-order valence-corrected chi connectivity index (χ4v) is 1.72. The van der Waals surface area contributed by atoms with Gasteiger partial charge in [-0.1, -0.05) is 19.0 Å². The maximum Gasteiger partial charge on any atom is 0.243 e. The van der Waals surface area contributed by atoms with Crippen LogP contribution >= 0.6 is 0 Å². The molecule has 1 rings (SSSR count). The third-order valence-corrected chi connectivity index (χ3v) is 2.80. The summed E-state index contributed by atoms with van der Waals surface area (Å²) in [5.74, 6) is 1.06. The summed E-state index contributed by atoms with van der Waals surface area (Å²) in [6, 6.07) is -0.241. The van der Waals surface area contributed by atoms with Gasteiger partial charge >= 0.3 is 0 Å². The second-order valence-electron chi connectivity index (χ2n) is 3.88. The van der Waals surface area contributed by atoms with Gasteiger partial charge in [0.1, 0.15) is 5.60 Å². The van der Waals surface area contributed by atoms with Gasteiger partial charge in [0, 0.05) is 6.61 Å². The molecule has 1 aromatic heterocycles. The van der Waals surface area contributed by atoms with Crippen molar-refractivity contribution in [3.63, 3.8) is 0 Å². The fourth-order valence-electron chi connectivity index (χ4n) is 1.72. The van der Waals surface area contributed by atoms with Crippen LogP contribution in [0.5, 0.6) is 0 Å². The molecule has 1 aromatic rings. The number of hydrogen-bond acceptors (Lipinski definition) is 5. The number of nitrogens with zero attached hydrogens (tertiary/aromatic N) is 2. The molecule has 5 nitrogen and oxygen atoms in total. The standard InChI is InChI=1S/C11H21N3O2/c1-5-11(6-2,15-7-3)10-13-9(8(4)12)16-14-10/h8H,5-7,12H2,1-4H3. The molecule has 0 aliphatic heterocycles. The molecule has 1 unspecified atom stereocenters. The first-order valence-corrected chi connectivity index (χ1v) is 5.83. The molecule has 0 saturated heterocycles. The Kier molecular flexibility index (Phi) is 4.44. The zero-order chi connectivity index (χ0) is 12.2. The summed E-state index contributed by atoms with van der Waals surface area (Å²) in [6.45, 7) is 8.52. The van der Waals surface area contributed by atoms with Gasteiger partial charge in [0.15, 0.2) is 0 Å². The molecular formula is C11H21N3O2. The van der Waals surface area contributed by atoms with Gasteiger partial charge < -0.3 is 15.0 Å². The molecule has 2 N–H and O–H groups in total. The van der Waals surface area contributed by atoms with Crippen molar-refractivity contribution in [2.45, 2.75) is 52.2 Å². The summed E-state index contributed by atoms with van der Waals surface area (Å²) in [7, 11) is 0. The highest BCUT2D eigenvalue weighted by molar-refractivity contribution is 5.02. The van der Waals surface area contributed by atoms with Gasteiger partial charge in [0.05, 0.1) is 6.04 Å². The van der Waals surface area contributed by atoms with Crippen LogP contribution in [0.1, 0.15) is 58.3 Å². The molecule has 0 aliphatic rings. The van der Waals surface area contributed by atoms with E-state index in [1.54, 1.807) is 0 Å². The normalized spacial score (nSPS) is 14.1. The van der Waals surface area contributed by atoms with E-state index in [0.717, 1.165) is 12.8 Å². The molecule has 0 radical (unpaired) electrons. The molecule has 1 atom stereocenters. The van der Waals surface area contributed by atoms with E-state index >= 15 is 0 Å². The third-order valence-electron chi connectivity index (χ3n) is 2.80. The average molecular weight is 227 g/mol. The lowest BCUT2D eigenvalue weighted by molar-refractivity contribution is -0.0583. The summed E-state index contributed by atoms with van der Waals surface area (Å²) >= 11 is 0. The Hall–Kier alpha value is -0.940. The van der Waals surface area contributed by atoms with Gasteiger partial charge in [0.25, 0.3) is 0 Å². The van der Waals surface area contributed by atoms with Crippen LogP contribution in [0.25, 0.3) is 0 Å². The van der Waals surface area contributed by atoms with E-state index in [1.165, 1.54) is 0 Å². The number of ether oxygens (including phenoxy) is 1. The van der Waals surface area contributed by atoms with Gasteiger partial charge in [-0.15, -0.1) is 0 Å². The van der Waals surface area contributed by atoms with Gasteiger partial charge in [0.2, 0.25) is 11.7 Å². The topological polar surface area (TPSA) is 74.2 Å². The Morgan fingerprint density at radius 3 is 2.38 bits per heavy atom. The molecule has 0 aliphatic carbocycles. The van der Waals surface area contributed by atoms with Crippen molar-refractivity contribution in [1.82, 2.24) is 10.1 Å². The van der Waals surface area contributed by atoms with E-state index in [4.69, 9.17) is 15.0 Å². The van der Waals surface area contributed by atoms with Crippen LogP contribution < -0.4 is 5.73 Å². The minimum absolute atomic E-state index is 0.241. The predicted octanol–water partition coefficient (Wildman–Crippen LogP) is 2.14. The smallest absolute Gasteiger partial charge is 0.243 e. The molecule has 16 heavy (non-hydrogen) atoms. The first-order valence-electron chi connectivity index (χ1n) is 5.83. The van der Waals surface area contributed by atoms with Crippen LogP contribution in [0.15, 0.2) is 4.52 Å². The van der Waals surface area contributed by atoms with Crippen LogP contribution in [0, 0.1) is 0 Å². The van der Waals surface area contributed by atoms with Crippen molar-refractivity contribution in [1.29, 1.82) is 0 Å². The summed E-state index contributed by atoms with van der Waals surface area (Å²) in [5.41, 5.74) is 5.25. The Morgan fingerprint density at radius 2 is 2.00 bits per heavy atom. The second-order valence-corrected chi connectivity index (χ2v) is 3.88. The minimum Gasteiger partial charge on any atom is -0.367 e. The minimum atomic E-state index is -0.439. The van der Waals surface area contributed by atoms with Crippen LogP contribution in [0.2, 0.25) is 0 Å². The van der Waals surface area contributed by atoms with E-state index in [-0.39, 0.29) is 6.04 Å². The SMILES string of the molecule is CCOC(CC)(CC)c1noc(C(C)N)n1. The summed E-state index contributed by atoms with van der Waals surface area (Å²) in [5, 5.41) is 3.98. The first-order chi connectivity index (χ1) is 7.59. The lowest BCUT2D eigenvalue weighted by Crippen LogP contribution is -2.30. The molecule has 0 bridgehead atoms. The maximum absolute atomic E-state index is 5.78. The molecule has 0 saturated carbocycles. The van der Waals surface area contributed by atoms with Crippen molar-refractivity contribution in [3.05, 3.63) is 11.7 Å². The van der Waals surface area contributed by atoms with E-state index in [1.807, 2.05) is 13.8 Å². The molecule has 0 aromatic carbocycles. The lowest BCUT2D eigenvalue weighted by Gasteiger charge is -2.27. The summed E-state index contributed by atoms with van der Waals surface area (Å²) in [6.07, 6.45) is 1.63. The highest BCUT2D eigenvalue weighted by Crippen LogP contribution is 2.31. The zero-order valence-electron chi connectivity index (χ0n) is 10.5. The van der Waals surface area contributed by atoms with E-state index < -0.39 is 5.60 Å². The molecule has 0 spiro atoms. The predicted molar refractivity (Wildman–Crippen MR) is 60.8 cm³/mol. The van der Waals surface area contributed by atoms with Crippen molar-refractivity contribution < 1.29 is 9.26 Å². The Bertz CT molecular complexity index is 319. The summed E-state index contributed by atoms with van der Waals surface area (Å²) < 4.78 is 10.9. The fraction of sp³-hybridized carbons (Fsp3) is 0.818. The average Bonchev–Trinajstić information content (AvgIpc) is 2.76. The highest BCUT2D eigenvalue weighted by atomic mass is 16.5. The number of nitrogens with two attached hydrogens (primary N) is 1. The number of hydrogen-bond donors (Lipinski definition) is 1. The van der Waals surface area contributed by atoms with E-state index in [9.17, 15) is 0 Å². The number of aromatic nitrogens is 2. The van der Waals surface area contributed by atoms with Crippen LogP contribution in [-0.2, 0) is 10.3 Å². The van der Waals surface area contributed by atoms with Crippen molar-refractivity contribution >= 4 is 0 Å². The van der Waals surface area contributed by atoms with Gasteiger partial charge in [-0.2, -0.15) is 4.98 Å². The molecular weight excluding hydrogens is 206 g/mol. The Balaban J connectivity index is 3.00. The number of rotatable bonds is 6. The van der Waals surface area contributed by atoms with Crippen molar-refractivity contribution in [2.75, 3.05) is 6.61 Å². The molecule has 5 heteroatoms. The van der Waals surface area contributed by atoms with Gasteiger partial charge in [-0.05, 0) is 26.7 Å². The van der Waals surface area contributed by atoms with Crippen LogP contribution in [0.4, 0.5) is 0 Å². The van der Waals surface area contributed by atoms with Crippen LogP contribution in [0.3, 0.4) is 0 Å². The summed E-state index contributed by atoms with van der Waals surface area (Å²) in [4.78, 5) is 4.31. The largest absolute Gasteiger partial charge is 0.367 e. The maximum atomic E-state index is 5.78. The molecule has 1 heterocycles. The first kappa shape index (κ1) is 13.1. The third kappa shape index (κ3) is 2.41. The second kappa shape index (κ2) is 5.41. The molecule has 0 fully saturated rings. The lowest BCUT2D eigenvalue weighted by atomic mass is 9.96. The van der Waals surface area contributed by atoms with Crippen molar-refractivity contribution in [2.24, 2.45) is 5.73 Å². The monoisotopic (exact) mass is 227 g/mol. The van der Waals surface area contributed by atoms with Gasteiger partial charge in [-0.25, -0.2) is 0 Å². The van der Waals surface area contributed by atoms with Crippen molar-refractivity contribution in [3.8, 4) is 0 Å².